The lowest BCUT2D eigenvalue weighted by Crippen LogP contribution is -2.51. The summed E-state index contributed by atoms with van der Waals surface area (Å²) in [5.41, 5.74) is -2.72. The van der Waals surface area contributed by atoms with Crippen LogP contribution in [0.1, 0.15) is 75.1 Å². The molecular formula is C29H36F4N2O6. The van der Waals surface area contributed by atoms with E-state index in [1.807, 2.05) is 0 Å². The minimum atomic E-state index is -4.38. The Morgan fingerprint density at radius 3 is 2.27 bits per heavy atom. The second kappa shape index (κ2) is 10.7. The highest BCUT2D eigenvalue weighted by Gasteiger charge is 2.63. The Morgan fingerprint density at radius 2 is 1.68 bits per heavy atom. The van der Waals surface area contributed by atoms with E-state index in [-0.39, 0.29) is 41.7 Å². The lowest BCUT2D eigenvalue weighted by molar-refractivity contribution is -0.185. The van der Waals surface area contributed by atoms with Gasteiger partial charge in [0.1, 0.15) is 5.75 Å². The fourth-order valence-corrected chi connectivity index (χ4v) is 6.90. The quantitative estimate of drug-likeness (QED) is 0.358. The number of carbonyl (C=O) groups is 3. The van der Waals surface area contributed by atoms with Gasteiger partial charge < -0.3 is 25.2 Å². The Morgan fingerprint density at radius 1 is 1.02 bits per heavy atom. The number of fused-ring (bicyclic) bond motifs is 2. The first-order chi connectivity index (χ1) is 19.3. The van der Waals surface area contributed by atoms with Gasteiger partial charge in [0.15, 0.2) is 11.6 Å². The van der Waals surface area contributed by atoms with E-state index in [4.69, 9.17) is 9.47 Å². The van der Waals surface area contributed by atoms with E-state index in [1.165, 1.54) is 13.2 Å². The van der Waals surface area contributed by atoms with Crippen molar-refractivity contribution in [2.75, 3.05) is 13.7 Å². The van der Waals surface area contributed by atoms with Crippen LogP contribution in [0.4, 0.5) is 17.6 Å². The SMILES string of the molecule is COc1cc(F)c(OC2CCC(C)(C(=O)O)CC2)cc1C(=O)N[C@@H]1[C@H]2CC[C@H](C2)[C@@H]1C(=O)NCC1(C(F)(F)F)CC1. The van der Waals surface area contributed by atoms with E-state index >= 15 is 0 Å². The zero-order valence-electron chi connectivity index (χ0n) is 23.1. The molecule has 8 nitrogen and oxygen atoms in total. The van der Waals surface area contributed by atoms with Gasteiger partial charge >= 0.3 is 12.1 Å². The highest BCUT2D eigenvalue weighted by Crippen LogP contribution is 2.57. The number of methoxy groups -OCH3 is 1. The Bertz CT molecular complexity index is 1210. The lowest BCUT2D eigenvalue weighted by atomic mass is 9.75. The van der Waals surface area contributed by atoms with Crippen LogP contribution in [0.3, 0.4) is 0 Å². The molecule has 2 amide bonds. The monoisotopic (exact) mass is 584 g/mol. The fraction of sp³-hybridized carbons (Fsp3) is 0.690. The standard InChI is InChI=1S/C29H36F4N2O6/c1-27(26(38)39)7-5-17(6-8-27)41-21-12-18(20(40-2)13-19(21)30)24(36)35-23-16-4-3-15(11-16)22(23)25(37)34-14-28(9-10-28)29(31,32)33/h12-13,15-17,22-23H,3-11,14H2,1-2H3,(H,34,37)(H,35,36)(H,38,39)/t15-,16+,17?,22+,23-,27?/m1/s1. The maximum Gasteiger partial charge on any atom is 0.396 e. The predicted molar refractivity (Wildman–Crippen MR) is 138 cm³/mol. The molecule has 0 aromatic heterocycles. The summed E-state index contributed by atoms with van der Waals surface area (Å²) < 4.78 is 66.2. The molecule has 4 aliphatic carbocycles. The summed E-state index contributed by atoms with van der Waals surface area (Å²) in [6, 6.07) is 1.72. The van der Waals surface area contributed by atoms with Crippen LogP contribution in [0.25, 0.3) is 0 Å². The molecule has 226 valence electrons. The first-order valence-corrected chi connectivity index (χ1v) is 14.2. The molecule has 5 rings (SSSR count). The third kappa shape index (κ3) is 5.58. The molecule has 3 N–H and O–H groups in total. The van der Waals surface area contributed by atoms with E-state index in [2.05, 4.69) is 10.6 Å². The molecule has 1 aromatic carbocycles. The molecule has 0 heterocycles. The molecule has 41 heavy (non-hydrogen) atoms. The van der Waals surface area contributed by atoms with Crippen molar-refractivity contribution in [1.82, 2.24) is 10.6 Å². The van der Waals surface area contributed by atoms with Crippen molar-refractivity contribution in [3.63, 3.8) is 0 Å². The summed E-state index contributed by atoms with van der Waals surface area (Å²) in [7, 11) is 1.29. The number of benzene rings is 1. The Hall–Kier alpha value is -3.05. The van der Waals surface area contributed by atoms with E-state index in [0.717, 1.165) is 18.9 Å². The van der Waals surface area contributed by atoms with Gasteiger partial charge in [0.2, 0.25) is 5.91 Å². The van der Waals surface area contributed by atoms with E-state index in [1.54, 1.807) is 6.92 Å². The molecule has 0 saturated heterocycles. The Balaban J connectivity index is 1.28. The second-order valence-electron chi connectivity index (χ2n) is 12.5. The van der Waals surface area contributed by atoms with Gasteiger partial charge in [-0.3, -0.25) is 14.4 Å². The smallest absolute Gasteiger partial charge is 0.396 e. The molecule has 0 unspecified atom stereocenters. The van der Waals surface area contributed by atoms with Gasteiger partial charge in [-0.25, -0.2) is 4.39 Å². The molecule has 4 saturated carbocycles. The van der Waals surface area contributed by atoms with Crippen LogP contribution in [-0.4, -0.2) is 54.9 Å². The first kappa shape index (κ1) is 29.4. The average molecular weight is 585 g/mol. The predicted octanol–water partition coefficient (Wildman–Crippen LogP) is 4.85. The molecule has 4 atom stereocenters. The van der Waals surface area contributed by atoms with E-state index in [0.29, 0.717) is 32.1 Å². The summed E-state index contributed by atoms with van der Waals surface area (Å²) in [6.07, 6.45) is -1.02. The van der Waals surface area contributed by atoms with Gasteiger partial charge in [-0.15, -0.1) is 0 Å². The van der Waals surface area contributed by atoms with Crippen LogP contribution in [0, 0.1) is 34.4 Å². The highest BCUT2D eigenvalue weighted by atomic mass is 19.4. The number of ether oxygens (including phenoxy) is 2. The number of aliphatic carboxylic acids is 1. The number of carboxylic acids is 1. The van der Waals surface area contributed by atoms with Gasteiger partial charge in [0, 0.05) is 18.7 Å². The molecule has 1 aromatic rings. The maximum atomic E-state index is 14.9. The average Bonchev–Trinajstić information content (AvgIpc) is 3.48. The number of halogens is 4. The minimum Gasteiger partial charge on any atom is -0.496 e. The van der Waals surface area contributed by atoms with E-state index < -0.39 is 65.2 Å². The molecule has 4 aliphatic rings. The van der Waals surface area contributed by atoms with Gasteiger partial charge in [-0.1, -0.05) is 0 Å². The maximum absolute atomic E-state index is 14.9. The Labute approximate surface area is 235 Å². The van der Waals surface area contributed by atoms with Crippen LogP contribution in [0.5, 0.6) is 11.5 Å². The molecule has 0 spiro atoms. The van der Waals surface area contributed by atoms with Crippen molar-refractivity contribution in [3.05, 3.63) is 23.5 Å². The summed E-state index contributed by atoms with van der Waals surface area (Å²) in [5.74, 6) is -3.59. The normalized spacial score (nSPS) is 31.8. The van der Waals surface area contributed by atoms with Gasteiger partial charge in [-0.2, -0.15) is 13.2 Å². The van der Waals surface area contributed by atoms with E-state index in [9.17, 15) is 37.1 Å². The zero-order valence-corrected chi connectivity index (χ0v) is 23.1. The number of amides is 2. The zero-order chi connectivity index (χ0) is 29.7. The van der Waals surface area contributed by atoms with Crippen molar-refractivity contribution in [2.45, 2.75) is 83.0 Å². The summed E-state index contributed by atoms with van der Waals surface area (Å²) in [6.45, 7) is 1.20. The van der Waals surface area contributed by atoms with Crippen molar-refractivity contribution in [1.29, 1.82) is 0 Å². The number of hydrogen-bond acceptors (Lipinski definition) is 5. The van der Waals surface area contributed by atoms with Crippen LogP contribution < -0.4 is 20.1 Å². The minimum absolute atomic E-state index is 0.00477. The molecule has 12 heteroatoms. The van der Waals surface area contributed by atoms with Crippen molar-refractivity contribution >= 4 is 17.8 Å². The van der Waals surface area contributed by atoms with Crippen LogP contribution in [0.15, 0.2) is 12.1 Å². The third-order valence-electron chi connectivity index (χ3n) is 9.92. The van der Waals surface area contributed by atoms with Crippen molar-refractivity contribution in [3.8, 4) is 11.5 Å². The number of hydrogen-bond donors (Lipinski definition) is 3. The van der Waals surface area contributed by atoms with Crippen LogP contribution in [0.2, 0.25) is 0 Å². The largest absolute Gasteiger partial charge is 0.496 e. The van der Waals surface area contributed by atoms with Crippen molar-refractivity contribution < 1.29 is 46.5 Å². The highest BCUT2D eigenvalue weighted by molar-refractivity contribution is 5.98. The number of rotatable bonds is 9. The number of carbonyl (C=O) groups excluding carboxylic acids is 2. The van der Waals surface area contributed by atoms with Crippen molar-refractivity contribution in [2.24, 2.45) is 28.6 Å². The number of nitrogens with one attached hydrogen (secondary N) is 2. The summed E-state index contributed by atoms with van der Waals surface area (Å²) >= 11 is 0. The number of alkyl halides is 3. The van der Waals surface area contributed by atoms with Gasteiger partial charge in [0.25, 0.3) is 5.91 Å². The molecule has 0 aliphatic heterocycles. The molecular weight excluding hydrogens is 548 g/mol. The molecule has 4 fully saturated rings. The first-order valence-electron chi connectivity index (χ1n) is 14.2. The second-order valence-corrected chi connectivity index (χ2v) is 12.5. The lowest BCUT2D eigenvalue weighted by Gasteiger charge is -2.34. The van der Waals surface area contributed by atoms with Gasteiger partial charge in [-0.05, 0) is 82.6 Å². The van der Waals surface area contributed by atoms with Crippen LogP contribution >= 0.6 is 0 Å². The summed E-state index contributed by atoms with van der Waals surface area (Å²) in [4.78, 5) is 38.2. The Kier molecular flexibility index (Phi) is 7.65. The molecule has 0 radical (unpaired) electrons. The summed E-state index contributed by atoms with van der Waals surface area (Å²) in [5, 5.41) is 14.9. The fourth-order valence-electron chi connectivity index (χ4n) is 6.90. The van der Waals surface area contributed by atoms with Gasteiger partial charge in [0.05, 0.1) is 35.5 Å². The third-order valence-corrected chi connectivity index (χ3v) is 9.92. The molecule has 2 bridgehead atoms. The number of carboxylic acid groups (broad SMARTS) is 1. The topological polar surface area (TPSA) is 114 Å². The van der Waals surface area contributed by atoms with Crippen LogP contribution in [-0.2, 0) is 9.59 Å².